The van der Waals surface area contributed by atoms with E-state index < -0.39 is 18.0 Å². The molecule has 10 nitrogen and oxygen atoms in total. The second-order valence-corrected chi connectivity index (χ2v) is 9.63. The molecule has 0 radical (unpaired) electrons. The predicted molar refractivity (Wildman–Crippen MR) is 122 cm³/mol. The van der Waals surface area contributed by atoms with E-state index in [4.69, 9.17) is 4.74 Å². The molecule has 2 saturated heterocycles. The fraction of sp³-hybridized carbons (Fsp3) is 0.565. The van der Waals surface area contributed by atoms with Crippen molar-refractivity contribution in [2.45, 2.75) is 56.7 Å². The number of anilines is 2. The Morgan fingerprint density at radius 1 is 1.26 bits per heavy atom. The van der Waals surface area contributed by atoms with E-state index in [2.05, 4.69) is 25.4 Å². The van der Waals surface area contributed by atoms with E-state index in [1.54, 1.807) is 6.20 Å². The van der Waals surface area contributed by atoms with Crippen LogP contribution in [0.5, 0.6) is 0 Å². The number of morpholine rings is 1. The number of hydrogen-bond acceptors (Lipinski definition) is 7. The van der Waals surface area contributed by atoms with Crippen molar-refractivity contribution in [3.8, 4) is 0 Å². The van der Waals surface area contributed by atoms with Crippen LogP contribution in [0.4, 0.5) is 20.3 Å². The maximum absolute atomic E-state index is 13.8. The van der Waals surface area contributed by atoms with Crippen LogP contribution in [0.25, 0.3) is 5.65 Å². The first-order chi connectivity index (χ1) is 17.0. The number of carbonyl (C=O) groups is 1. The van der Waals surface area contributed by atoms with Crippen LogP contribution in [-0.4, -0.2) is 67.3 Å². The number of aliphatic hydroxyl groups is 1. The highest BCUT2D eigenvalue weighted by molar-refractivity contribution is 6.08. The van der Waals surface area contributed by atoms with Crippen LogP contribution in [0.2, 0.25) is 0 Å². The fourth-order valence-corrected chi connectivity index (χ4v) is 5.49. The van der Waals surface area contributed by atoms with Crippen LogP contribution in [0.3, 0.4) is 0 Å². The standard InChI is InChI=1S/C23H27F2N7O3/c24-21(25)20-18(10-32(29-20)14-3-1-13(11-33)2-4-14)27-23(34)17-8-26-31-6-5-19(28-22(17)31)30-9-16-7-15(30)12-35-16/h5-6,8,10,13-16,21,33H,1-4,7,9,11-12H2,(H,27,34)/t13-,14-,15-,16-/m1/s1. The third-order valence-corrected chi connectivity index (χ3v) is 7.46. The van der Waals surface area contributed by atoms with Crippen molar-refractivity contribution in [1.82, 2.24) is 24.4 Å². The summed E-state index contributed by atoms with van der Waals surface area (Å²) in [5.74, 6) is 0.413. The Hall–Kier alpha value is -3.12. The Labute approximate surface area is 199 Å². The highest BCUT2D eigenvalue weighted by Crippen LogP contribution is 2.35. The summed E-state index contributed by atoms with van der Waals surface area (Å²) in [7, 11) is 0. The number of alkyl halides is 2. The van der Waals surface area contributed by atoms with Gasteiger partial charge in [0.2, 0.25) is 0 Å². The first-order valence-corrected chi connectivity index (χ1v) is 12.0. The maximum Gasteiger partial charge on any atom is 0.284 e. The topological polar surface area (TPSA) is 110 Å². The zero-order chi connectivity index (χ0) is 24.1. The molecular weight excluding hydrogens is 460 g/mol. The van der Waals surface area contributed by atoms with Gasteiger partial charge >= 0.3 is 0 Å². The lowest BCUT2D eigenvalue weighted by molar-refractivity contribution is 0.0988. The SMILES string of the molecule is O=C(Nc1cn([C@H]2CC[C@H](CO)CC2)nc1C(F)F)c1cnn2ccc(N3C[C@H]4C[C@@H]3CO4)nc12. The lowest BCUT2D eigenvalue weighted by Crippen LogP contribution is -2.37. The number of rotatable bonds is 6. The number of aliphatic hydroxyl groups excluding tert-OH is 1. The van der Waals surface area contributed by atoms with Crippen LogP contribution in [0.15, 0.2) is 24.7 Å². The van der Waals surface area contributed by atoms with Gasteiger partial charge in [0.05, 0.1) is 36.7 Å². The summed E-state index contributed by atoms with van der Waals surface area (Å²) in [6.45, 7) is 1.55. The van der Waals surface area contributed by atoms with Gasteiger partial charge in [0.15, 0.2) is 11.3 Å². The van der Waals surface area contributed by atoms with E-state index in [-0.39, 0.29) is 42.0 Å². The van der Waals surface area contributed by atoms with Crippen molar-refractivity contribution in [2.75, 3.05) is 30.0 Å². The molecule has 1 amide bonds. The molecule has 186 valence electrons. The highest BCUT2D eigenvalue weighted by Gasteiger charge is 2.39. The molecule has 3 aromatic heterocycles. The number of halogens is 2. The zero-order valence-corrected chi connectivity index (χ0v) is 19.1. The number of fused-ring (bicyclic) bond motifs is 3. The fourth-order valence-electron chi connectivity index (χ4n) is 5.49. The van der Waals surface area contributed by atoms with Crippen LogP contribution < -0.4 is 10.2 Å². The summed E-state index contributed by atoms with van der Waals surface area (Å²) in [4.78, 5) is 20.0. The second kappa shape index (κ2) is 8.83. The van der Waals surface area contributed by atoms with Gasteiger partial charge in [-0.1, -0.05) is 0 Å². The molecule has 12 heteroatoms. The second-order valence-electron chi connectivity index (χ2n) is 9.63. The Balaban J connectivity index is 1.24. The summed E-state index contributed by atoms with van der Waals surface area (Å²) in [5, 5.41) is 20.3. The number of ether oxygens (including phenoxy) is 1. The molecule has 5 heterocycles. The van der Waals surface area contributed by atoms with Crippen molar-refractivity contribution in [2.24, 2.45) is 5.92 Å². The Bertz CT molecular complexity index is 1240. The molecule has 0 aromatic carbocycles. The van der Waals surface area contributed by atoms with Crippen LogP contribution in [0.1, 0.15) is 60.6 Å². The third kappa shape index (κ3) is 4.04. The van der Waals surface area contributed by atoms with Gasteiger partial charge in [-0.05, 0) is 44.1 Å². The molecule has 0 unspecified atom stereocenters. The zero-order valence-electron chi connectivity index (χ0n) is 19.1. The minimum Gasteiger partial charge on any atom is -0.396 e. The van der Waals surface area contributed by atoms with Crippen molar-refractivity contribution < 1.29 is 23.4 Å². The first-order valence-electron chi connectivity index (χ1n) is 12.0. The third-order valence-electron chi connectivity index (χ3n) is 7.46. The number of nitrogens with zero attached hydrogens (tertiary/aromatic N) is 6. The van der Waals surface area contributed by atoms with Crippen molar-refractivity contribution in [1.29, 1.82) is 0 Å². The van der Waals surface area contributed by atoms with Crippen LogP contribution in [-0.2, 0) is 4.74 Å². The maximum atomic E-state index is 13.8. The molecule has 2 bridgehead atoms. The molecule has 2 aliphatic heterocycles. The molecule has 1 aliphatic carbocycles. The van der Waals surface area contributed by atoms with E-state index in [0.29, 0.717) is 12.3 Å². The van der Waals surface area contributed by atoms with Crippen molar-refractivity contribution >= 4 is 23.1 Å². The van der Waals surface area contributed by atoms with Gasteiger partial charge in [-0.25, -0.2) is 18.3 Å². The minimum atomic E-state index is -2.83. The van der Waals surface area contributed by atoms with Gasteiger partial charge in [0.1, 0.15) is 11.4 Å². The van der Waals surface area contributed by atoms with E-state index in [9.17, 15) is 18.7 Å². The van der Waals surface area contributed by atoms with Crippen LogP contribution >= 0.6 is 0 Å². The smallest absolute Gasteiger partial charge is 0.284 e. The predicted octanol–water partition coefficient (Wildman–Crippen LogP) is 2.82. The van der Waals surface area contributed by atoms with Crippen molar-refractivity contribution in [3.63, 3.8) is 0 Å². The summed E-state index contributed by atoms with van der Waals surface area (Å²) in [6.07, 6.45) is 6.06. The first kappa shape index (κ1) is 22.4. The molecule has 35 heavy (non-hydrogen) atoms. The Kier molecular flexibility index (Phi) is 5.64. The van der Waals surface area contributed by atoms with Gasteiger partial charge < -0.3 is 20.1 Å². The van der Waals surface area contributed by atoms with Crippen LogP contribution in [0, 0.1) is 5.92 Å². The van der Waals surface area contributed by atoms with E-state index in [0.717, 1.165) is 44.5 Å². The Morgan fingerprint density at radius 3 is 2.77 bits per heavy atom. The van der Waals surface area contributed by atoms with Gasteiger partial charge in [-0.3, -0.25) is 9.48 Å². The summed E-state index contributed by atoms with van der Waals surface area (Å²) in [6, 6.07) is 2.08. The molecule has 2 N–H and O–H groups in total. The van der Waals surface area contributed by atoms with Crippen molar-refractivity contribution in [3.05, 3.63) is 35.9 Å². The monoisotopic (exact) mass is 487 g/mol. The molecule has 3 aromatic rings. The molecule has 0 spiro atoms. The number of nitrogens with one attached hydrogen (secondary N) is 1. The molecule has 2 atom stereocenters. The number of amides is 1. The normalized spacial score (nSPS) is 26.2. The minimum absolute atomic E-state index is 0.0150. The highest BCUT2D eigenvalue weighted by atomic mass is 19.3. The van der Waals surface area contributed by atoms with E-state index >= 15 is 0 Å². The largest absolute Gasteiger partial charge is 0.396 e. The van der Waals surface area contributed by atoms with Gasteiger partial charge in [0.25, 0.3) is 12.3 Å². The molecule has 1 saturated carbocycles. The summed E-state index contributed by atoms with van der Waals surface area (Å²) >= 11 is 0. The molecule has 6 rings (SSSR count). The molecule has 3 aliphatic rings. The number of carbonyl (C=O) groups excluding carboxylic acids is 1. The van der Waals surface area contributed by atoms with E-state index in [1.807, 2.05) is 6.07 Å². The lowest BCUT2D eigenvalue weighted by atomic mass is 9.87. The lowest BCUT2D eigenvalue weighted by Gasteiger charge is -2.27. The number of aromatic nitrogens is 5. The molecular formula is C23H27F2N7O3. The van der Waals surface area contributed by atoms with Gasteiger partial charge in [-0.15, -0.1) is 0 Å². The average molecular weight is 488 g/mol. The average Bonchev–Trinajstić information content (AvgIpc) is 3.66. The van der Waals surface area contributed by atoms with E-state index in [1.165, 1.54) is 21.6 Å². The number of hydrogen-bond donors (Lipinski definition) is 2. The summed E-state index contributed by atoms with van der Waals surface area (Å²) in [5.41, 5.74) is 0.0838. The van der Waals surface area contributed by atoms with Gasteiger partial charge in [0, 0.05) is 25.5 Å². The quantitative estimate of drug-likeness (QED) is 0.550. The summed E-state index contributed by atoms with van der Waals surface area (Å²) < 4.78 is 36.2. The molecule has 3 fully saturated rings. The Morgan fingerprint density at radius 2 is 2.09 bits per heavy atom. The van der Waals surface area contributed by atoms with Gasteiger partial charge in [-0.2, -0.15) is 10.2 Å².